The van der Waals surface area contributed by atoms with E-state index < -0.39 is 11.0 Å². The molecule has 2 aromatic heterocycles. The Hall–Kier alpha value is -2.72. The molecule has 0 saturated carbocycles. The van der Waals surface area contributed by atoms with Crippen LogP contribution in [0.25, 0.3) is 22.9 Å². The summed E-state index contributed by atoms with van der Waals surface area (Å²) in [4.78, 5) is 9.61. The van der Waals surface area contributed by atoms with Gasteiger partial charge >= 0.3 is 0 Å². The van der Waals surface area contributed by atoms with Crippen LogP contribution in [-0.2, 0) is 17.5 Å². The summed E-state index contributed by atoms with van der Waals surface area (Å²) in [5, 5.41) is 4.54. The lowest BCUT2D eigenvalue weighted by molar-refractivity contribution is 0.304. The molecule has 1 aliphatic heterocycles. The third-order valence-electron chi connectivity index (χ3n) is 5.70. The van der Waals surface area contributed by atoms with E-state index in [1.165, 1.54) is 0 Å². The fourth-order valence-electron chi connectivity index (χ4n) is 3.92. The first-order valence-corrected chi connectivity index (χ1v) is 12.7. The number of hydrogen-bond donors (Lipinski definition) is 1. The first-order valence-electron chi connectivity index (χ1n) is 11.5. The van der Waals surface area contributed by atoms with Gasteiger partial charge in [0.2, 0.25) is 0 Å². The normalized spacial score (nSPS) is 15.3. The zero-order valence-corrected chi connectivity index (χ0v) is 22.0. The summed E-state index contributed by atoms with van der Waals surface area (Å²) in [7, 11) is 0.405. The van der Waals surface area contributed by atoms with Gasteiger partial charge in [0, 0.05) is 29.9 Å². The molecule has 0 aliphatic carbocycles. The van der Waals surface area contributed by atoms with Crippen LogP contribution in [0.2, 0.25) is 0 Å². The topological polar surface area (TPSA) is 96.1 Å². The molecule has 9 nitrogen and oxygen atoms in total. The molecule has 0 bridgehead atoms. The molecule has 0 radical (unpaired) electrons. The Morgan fingerprint density at radius 2 is 1.91 bits per heavy atom. The van der Waals surface area contributed by atoms with Crippen LogP contribution in [0.5, 0.6) is 11.5 Å². The van der Waals surface area contributed by atoms with Crippen molar-refractivity contribution in [2.45, 2.75) is 71.8 Å². The van der Waals surface area contributed by atoms with Crippen LogP contribution in [0.4, 0.5) is 0 Å². The number of benzene rings is 1. The Balaban J connectivity index is 1.80. The summed E-state index contributed by atoms with van der Waals surface area (Å²) in [6.07, 6.45) is 2.01. The molecule has 10 heteroatoms. The highest BCUT2D eigenvalue weighted by atomic mass is 32.2. The Morgan fingerprint density at radius 3 is 2.56 bits per heavy atom. The van der Waals surface area contributed by atoms with E-state index in [1.54, 1.807) is 7.11 Å². The number of nitrogens with zero attached hydrogens (tertiary/aromatic N) is 5. The Labute approximate surface area is 203 Å². The van der Waals surface area contributed by atoms with Crippen molar-refractivity contribution in [3.63, 3.8) is 0 Å². The first-order chi connectivity index (χ1) is 16.0. The van der Waals surface area contributed by atoms with E-state index in [0.29, 0.717) is 24.7 Å². The van der Waals surface area contributed by atoms with E-state index in [-0.39, 0.29) is 16.8 Å². The molecule has 1 aromatic carbocycles. The average molecular weight is 487 g/mol. The van der Waals surface area contributed by atoms with Gasteiger partial charge in [-0.25, -0.2) is 23.6 Å². The molecule has 3 aromatic rings. The Morgan fingerprint density at radius 1 is 1.18 bits per heavy atom. The van der Waals surface area contributed by atoms with E-state index in [9.17, 15) is 4.21 Å². The summed E-state index contributed by atoms with van der Waals surface area (Å²) in [6.45, 7) is 15.0. The van der Waals surface area contributed by atoms with Crippen LogP contribution < -0.4 is 14.2 Å². The maximum Gasteiger partial charge on any atom is 0.178 e. The summed E-state index contributed by atoms with van der Waals surface area (Å²) in [6, 6.07) is 3.88. The molecule has 0 amide bonds. The predicted octanol–water partition coefficient (Wildman–Crippen LogP) is 4.21. The quantitative estimate of drug-likeness (QED) is 0.561. The molecule has 34 heavy (non-hydrogen) atoms. The Bertz CT molecular complexity index is 1220. The number of hydrogen-bond acceptors (Lipinski definition) is 6. The van der Waals surface area contributed by atoms with Crippen LogP contribution in [0.1, 0.15) is 65.0 Å². The molecular formula is C24H34N6O3S. The molecule has 1 unspecified atom stereocenters. The maximum atomic E-state index is 12.7. The molecule has 0 spiro atoms. The molecule has 4 rings (SSSR count). The second kappa shape index (κ2) is 9.14. The van der Waals surface area contributed by atoms with Gasteiger partial charge in [-0.1, -0.05) is 0 Å². The molecule has 184 valence electrons. The third-order valence-corrected chi connectivity index (χ3v) is 7.38. The smallest absolute Gasteiger partial charge is 0.178 e. The third kappa shape index (κ3) is 4.61. The number of aryl methyl sites for hydroxylation is 1. The van der Waals surface area contributed by atoms with Crippen molar-refractivity contribution in [2.24, 2.45) is 0 Å². The van der Waals surface area contributed by atoms with Gasteiger partial charge in [0.05, 0.1) is 35.0 Å². The molecular weight excluding hydrogens is 452 g/mol. The van der Waals surface area contributed by atoms with Crippen molar-refractivity contribution in [2.75, 3.05) is 13.7 Å². The fraction of sp³-hybridized carbons (Fsp3) is 0.542. The summed E-state index contributed by atoms with van der Waals surface area (Å²) in [5.74, 6) is 3.66. The first kappa shape index (κ1) is 24.4. The van der Waals surface area contributed by atoms with Gasteiger partial charge in [0.1, 0.15) is 35.4 Å². The predicted molar refractivity (Wildman–Crippen MR) is 133 cm³/mol. The molecule has 1 aliphatic rings. The number of nitrogens with one attached hydrogen (secondary N) is 1. The van der Waals surface area contributed by atoms with Gasteiger partial charge in [-0.3, -0.25) is 0 Å². The fourth-order valence-corrected chi connectivity index (χ4v) is 4.72. The summed E-state index contributed by atoms with van der Waals surface area (Å²) >= 11 is 0. The lowest BCUT2D eigenvalue weighted by atomic mass is 10.0. The van der Waals surface area contributed by atoms with Crippen LogP contribution in [0, 0.1) is 6.92 Å². The van der Waals surface area contributed by atoms with Crippen LogP contribution in [0.15, 0.2) is 18.3 Å². The number of imidazole rings is 1. The highest BCUT2D eigenvalue weighted by Gasteiger charge is 2.27. The minimum Gasteiger partial charge on any atom is -0.496 e. The molecule has 0 fully saturated rings. The van der Waals surface area contributed by atoms with Gasteiger partial charge in [0.15, 0.2) is 5.82 Å². The number of ether oxygens (including phenoxy) is 2. The van der Waals surface area contributed by atoms with E-state index in [4.69, 9.17) is 14.5 Å². The summed E-state index contributed by atoms with van der Waals surface area (Å²) < 4.78 is 31.3. The van der Waals surface area contributed by atoms with Crippen LogP contribution in [0.3, 0.4) is 0 Å². The molecule has 0 saturated heterocycles. The van der Waals surface area contributed by atoms with Crippen molar-refractivity contribution in [3.8, 4) is 34.4 Å². The number of rotatable bonds is 6. The zero-order chi connectivity index (χ0) is 24.8. The second-order valence-electron chi connectivity index (χ2n) is 9.82. The average Bonchev–Trinajstić information content (AvgIpc) is 3.32. The molecule has 1 N–H and O–H groups in total. The monoisotopic (exact) mass is 486 g/mol. The van der Waals surface area contributed by atoms with Crippen LogP contribution >= 0.6 is 0 Å². The minimum absolute atomic E-state index is 0.166. The lowest BCUT2D eigenvalue weighted by Crippen LogP contribution is -2.34. The van der Waals surface area contributed by atoms with Gasteiger partial charge in [-0.15, -0.1) is 0 Å². The largest absolute Gasteiger partial charge is 0.496 e. The van der Waals surface area contributed by atoms with Crippen molar-refractivity contribution >= 4 is 11.0 Å². The van der Waals surface area contributed by atoms with E-state index in [2.05, 4.69) is 33.2 Å². The maximum absolute atomic E-state index is 12.7. The van der Waals surface area contributed by atoms with Gasteiger partial charge in [-0.2, -0.15) is 5.10 Å². The summed E-state index contributed by atoms with van der Waals surface area (Å²) in [5.41, 5.74) is 2.53. The highest BCUT2D eigenvalue weighted by Crippen LogP contribution is 2.40. The second-order valence-corrected chi connectivity index (χ2v) is 11.8. The number of fused-ring (bicyclic) bond motifs is 3. The number of aromatic nitrogens is 5. The zero-order valence-electron chi connectivity index (χ0n) is 21.2. The number of methoxy groups -OCH3 is 1. The molecule has 2 atom stereocenters. The van der Waals surface area contributed by atoms with Crippen molar-refractivity contribution in [1.29, 1.82) is 0 Å². The van der Waals surface area contributed by atoms with E-state index >= 15 is 0 Å². The van der Waals surface area contributed by atoms with E-state index in [1.807, 2.05) is 57.6 Å². The highest BCUT2D eigenvalue weighted by molar-refractivity contribution is 7.84. The minimum atomic E-state index is -1.23. The molecule has 3 heterocycles. The lowest BCUT2D eigenvalue weighted by Gasteiger charge is -2.24. The van der Waals surface area contributed by atoms with Crippen molar-refractivity contribution in [1.82, 2.24) is 29.0 Å². The van der Waals surface area contributed by atoms with Gasteiger partial charge in [-0.05, 0) is 54.5 Å². The Kier molecular flexibility index (Phi) is 6.56. The van der Waals surface area contributed by atoms with Gasteiger partial charge < -0.3 is 14.0 Å². The standard InChI is InChI=1S/C24H34N6O3S/c1-14(2)30-23(25-16(4)27-30)19-13-29-9-10-33-21-12-20(32-8)17(11-18(21)22(29)26-19)15(3)28-34(31)24(5,6)7/h11-15,28H,9-10H2,1-8H3/t15-,34?/m1/s1. The SMILES string of the molecule is COc1cc2c(cc1[C@@H](C)NS(=O)C(C)(C)C)-c1nc(-c3nc(C)nn3C(C)C)cn1CCO2. The van der Waals surface area contributed by atoms with Gasteiger partial charge in [0.25, 0.3) is 0 Å². The van der Waals surface area contributed by atoms with Crippen LogP contribution in [-0.4, -0.2) is 47.0 Å². The van der Waals surface area contributed by atoms with Crippen molar-refractivity contribution in [3.05, 3.63) is 29.7 Å². The van der Waals surface area contributed by atoms with E-state index in [0.717, 1.165) is 34.3 Å². The van der Waals surface area contributed by atoms with Crippen molar-refractivity contribution < 1.29 is 13.7 Å².